The van der Waals surface area contributed by atoms with Crippen molar-refractivity contribution in [3.8, 4) is 6.07 Å². The maximum atomic E-state index is 11.5. The zero-order valence-corrected chi connectivity index (χ0v) is 15.1. The highest BCUT2D eigenvalue weighted by atomic mass is 127. The lowest BCUT2D eigenvalue weighted by Crippen LogP contribution is -2.37. The van der Waals surface area contributed by atoms with E-state index >= 15 is 0 Å². The van der Waals surface area contributed by atoms with Crippen LogP contribution in [0, 0.1) is 11.3 Å². The molecule has 8 heteroatoms. The third-order valence-corrected chi connectivity index (χ3v) is 3.07. The van der Waals surface area contributed by atoms with E-state index in [2.05, 4.69) is 5.32 Å². The Kier molecular flexibility index (Phi) is 7.51. The predicted octanol–water partition coefficient (Wildman–Crippen LogP) is 2.23. The zero-order chi connectivity index (χ0) is 16.0. The molecule has 0 heterocycles. The minimum absolute atomic E-state index is 0.0389. The van der Waals surface area contributed by atoms with Gasteiger partial charge in [0.25, 0.3) is 0 Å². The van der Waals surface area contributed by atoms with E-state index in [0.717, 1.165) is 0 Å². The van der Waals surface area contributed by atoms with Gasteiger partial charge in [-0.1, -0.05) is 9.93 Å². The summed E-state index contributed by atoms with van der Waals surface area (Å²) in [5.74, 6) is -0.0389. The highest BCUT2D eigenvalue weighted by Gasteiger charge is 2.20. The van der Waals surface area contributed by atoms with Crippen molar-refractivity contribution in [2.24, 2.45) is 0 Å². The molecular formula is C12H21IN2O4S. The number of allylic oxidation sites excluding steroid dienone is 1. The van der Waals surface area contributed by atoms with Gasteiger partial charge in [0.15, 0.2) is 3.61 Å². The summed E-state index contributed by atoms with van der Waals surface area (Å²) >= 11 is 1.95. The second kappa shape index (κ2) is 7.83. The lowest BCUT2D eigenvalue weighted by molar-refractivity contribution is 0.105. The molecule has 0 saturated heterocycles. The summed E-state index contributed by atoms with van der Waals surface area (Å²) in [7, 11) is -2.45. The number of alkyl carbamates (subject to hydrolysis) is 1. The molecule has 0 aromatic rings. The minimum atomic E-state index is -2.45. The van der Waals surface area contributed by atoms with Crippen LogP contribution in [0.5, 0.6) is 0 Å². The lowest BCUT2D eigenvalue weighted by Gasteiger charge is -2.19. The Balaban J connectivity index is 4.39. The Bertz CT molecular complexity index is 459. The first kappa shape index (κ1) is 19.2. The Morgan fingerprint density at radius 2 is 2.15 bits per heavy atom. The number of nitrogens with zero attached hydrogens (tertiary/aromatic N) is 1. The van der Waals surface area contributed by atoms with Gasteiger partial charge in [0.2, 0.25) is 0 Å². The van der Waals surface area contributed by atoms with Crippen LogP contribution in [-0.4, -0.2) is 37.6 Å². The number of aliphatic hydroxyl groups excluding tert-OH is 1. The number of thiol groups is 1. The van der Waals surface area contributed by atoms with Gasteiger partial charge in [-0.3, -0.25) is 4.21 Å². The Morgan fingerprint density at radius 3 is 2.55 bits per heavy atom. The number of halogens is 1. The van der Waals surface area contributed by atoms with Crippen LogP contribution >= 0.6 is 22.6 Å². The fourth-order valence-electron chi connectivity index (χ4n) is 1.28. The van der Waals surface area contributed by atoms with Gasteiger partial charge >= 0.3 is 6.09 Å². The first-order chi connectivity index (χ1) is 8.93. The van der Waals surface area contributed by atoms with Gasteiger partial charge < -0.3 is 15.2 Å². The SMILES string of the molecule is CC(C)(I)OC(=O)N[C@H](C#N)CC/C(O)=C/[SH](C)(C)=O. The number of hydrogen-bond acceptors (Lipinski definition) is 5. The van der Waals surface area contributed by atoms with Crippen molar-refractivity contribution < 1.29 is 18.8 Å². The molecular weight excluding hydrogens is 395 g/mol. The van der Waals surface area contributed by atoms with Crippen molar-refractivity contribution >= 4 is 38.6 Å². The molecule has 0 unspecified atom stereocenters. The summed E-state index contributed by atoms with van der Waals surface area (Å²) in [5, 5.41) is 22.2. The number of amides is 1. The third kappa shape index (κ3) is 11.0. The number of aliphatic hydroxyl groups is 1. The third-order valence-electron chi connectivity index (χ3n) is 1.93. The van der Waals surface area contributed by atoms with Crippen LogP contribution in [0.15, 0.2) is 11.2 Å². The zero-order valence-electron chi connectivity index (χ0n) is 12.0. The van der Waals surface area contributed by atoms with Gasteiger partial charge in [0, 0.05) is 11.8 Å². The van der Waals surface area contributed by atoms with Crippen molar-refractivity contribution in [2.75, 3.05) is 12.5 Å². The molecule has 0 fully saturated rings. The molecule has 0 radical (unpaired) electrons. The molecule has 0 spiro atoms. The summed E-state index contributed by atoms with van der Waals surface area (Å²) in [5.41, 5.74) is 0. The molecule has 20 heavy (non-hydrogen) atoms. The van der Waals surface area contributed by atoms with Crippen LogP contribution in [0.25, 0.3) is 0 Å². The number of nitriles is 1. The van der Waals surface area contributed by atoms with Crippen molar-refractivity contribution in [3.63, 3.8) is 0 Å². The number of nitrogens with one attached hydrogen (secondary N) is 1. The molecule has 1 atom stereocenters. The molecule has 116 valence electrons. The van der Waals surface area contributed by atoms with Crippen LogP contribution in [0.2, 0.25) is 0 Å². The number of carbonyl (C=O) groups excluding carboxylic acids is 1. The Hall–Kier alpha value is -0.820. The number of ether oxygens (including phenoxy) is 1. The fraction of sp³-hybridized carbons (Fsp3) is 0.667. The normalized spacial score (nSPS) is 15.1. The van der Waals surface area contributed by atoms with E-state index in [0.29, 0.717) is 0 Å². The number of alkyl halides is 1. The number of carbonyl (C=O) groups is 1. The maximum absolute atomic E-state index is 11.5. The Morgan fingerprint density at radius 1 is 1.60 bits per heavy atom. The van der Waals surface area contributed by atoms with Crippen molar-refractivity contribution in [1.82, 2.24) is 5.32 Å². The molecule has 0 aliphatic carbocycles. The van der Waals surface area contributed by atoms with Gasteiger partial charge in [0.05, 0.1) is 11.8 Å². The topological polar surface area (TPSA) is 99.4 Å². The molecule has 0 aromatic heterocycles. The van der Waals surface area contributed by atoms with Crippen LogP contribution in [0.4, 0.5) is 4.79 Å². The summed E-state index contributed by atoms with van der Waals surface area (Å²) in [6, 6.07) is 1.14. The average molecular weight is 416 g/mol. The van der Waals surface area contributed by atoms with E-state index in [1.807, 2.05) is 28.7 Å². The van der Waals surface area contributed by atoms with E-state index in [1.165, 1.54) is 17.9 Å². The summed E-state index contributed by atoms with van der Waals surface area (Å²) in [6.07, 6.45) is 2.76. The Labute approximate surface area is 134 Å². The van der Waals surface area contributed by atoms with Gasteiger partial charge in [0.1, 0.15) is 6.04 Å². The van der Waals surface area contributed by atoms with Crippen LogP contribution in [-0.2, 0) is 14.7 Å². The summed E-state index contributed by atoms with van der Waals surface area (Å²) in [4.78, 5) is 11.5. The minimum Gasteiger partial charge on any atom is -0.512 e. The van der Waals surface area contributed by atoms with E-state index in [9.17, 15) is 14.1 Å². The standard InChI is InChI=1S/C12H21IN2O4S/c1-12(2,13)19-11(17)15-9(7-14)5-6-10(16)8-20(3,4)18/h8-9,16,20H,5-6H2,1-4H3,(H,15,17)/b10-8-/t9-/m0/s1. The average Bonchev–Trinajstić information content (AvgIpc) is 2.18. The maximum Gasteiger partial charge on any atom is 0.409 e. The molecule has 0 aromatic carbocycles. The largest absolute Gasteiger partial charge is 0.512 e. The molecule has 1 amide bonds. The second-order valence-corrected chi connectivity index (χ2v) is 10.9. The highest BCUT2D eigenvalue weighted by molar-refractivity contribution is 14.1. The van der Waals surface area contributed by atoms with Crippen molar-refractivity contribution in [3.05, 3.63) is 11.2 Å². The van der Waals surface area contributed by atoms with Gasteiger partial charge in [-0.2, -0.15) is 5.26 Å². The monoisotopic (exact) mass is 416 g/mol. The summed E-state index contributed by atoms with van der Waals surface area (Å²) < 4.78 is 15.8. The van der Waals surface area contributed by atoms with E-state index < -0.39 is 25.7 Å². The molecule has 2 N–H and O–H groups in total. The van der Waals surface area contributed by atoms with Gasteiger partial charge in [-0.15, -0.1) is 0 Å². The first-order valence-electron chi connectivity index (χ1n) is 5.96. The van der Waals surface area contributed by atoms with E-state index in [-0.39, 0.29) is 18.6 Å². The van der Waals surface area contributed by atoms with E-state index in [4.69, 9.17) is 10.00 Å². The van der Waals surface area contributed by atoms with Crippen LogP contribution in [0.1, 0.15) is 26.7 Å². The van der Waals surface area contributed by atoms with Gasteiger partial charge in [-0.25, -0.2) is 4.79 Å². The lowest BCUT2D eigenvalue weighted by atomic mass is 10.1. The van der Waals surface area contributed by atoms with Crippen LogP contribution in [0.3, 0.4) is 0 Å². The van der Waals surface area contributed by atoms with Crippen molar-refractivity contribution in [2.45, 2.75) is 36.3 Å². The van der Waals surface area contributed by atoms with Gasteiger partial charge in [-0.05, 0) is 55.4 Å². The highest BCUT2D eigenvalue weighted by Crippen LogP contribution is 2.18. The first-order valence-corrected chi connectivity index (χ1v) is 9.71. The van der Waals surface area contributed by atoms with Crippen LogP contribution < -0.4 is 5.32 Å². The molecule has 0 bridgehead atoms. The number of hydrogen-bond donors (Lipinski definition) is 3. The summed E-state index contributed by atoms with van der Waals surface area (Å²) in [6.45, 7) is 3.42. The van der Waals surface area contributed by atoms with Crippen molar-refractivity contribution in [1.29, 1.82) is 5.26 Å². The van der Waals surface area contributed by atoms with E-state index in [1.54, 1.807) is 13.8 Å². The second-order valence-electron chi connectivity index (χ2n) is 5.17. The smallest absolute Gasteiger partial charge is 0.409 e. The quantitative estimate of drug-likeness (QED) is 0.267. The molecule has 0 aliphatic rings. The molecule has 6 nitrogen and oxygen atoms in total. The molecule has 0 saturated carbocycles. The molecule has 0 rings (SSSR count). The number of rotatable bonds is 6. The fourth-order valence-corrected chi connectivity index (χ4v) is 2.32. The molecule has 0 aliphatic heterocycles. The predicted molar refractivity (Wildman–Crippen MR) is 88.4 cm³/mol.